The van der Waals surface area contributed by atoms with Crippen molar-refractivity contribution < 1.29 is 0 Å². The van der Waals surface area contributed by atoms with Gasteiger partial charge in [0.25, 0.3) is 0 Å². The molecule has 170 valence electrons. The third kappa shape index (κ3) is 2.91. The topological polar surface area (TPSA) is 32.3 Å². The molecule has 4 nitrogen and oxygen atoms in total. The highest BCUT2D eigenvalue weighted by Gasteiger charge is 2.49. The molecule has 34 heavy (non-hydrogen) atoms. The molecule has 0 bridgehead atoms. The van der Waals surface area contributed by atoms with Gasteiger partial charge in [-0.25, -0.2) is 9.97 Å². The van der Waals surface area contributed by atoms with Gasteiger partial charge in [-0.2, -0.15) is 0 Å². The zero-order chi connectivity index (χ0) is 23.4. The van der Waals surface area contributed by atoms with Gasteiger partial charge in [0.1, 0.15) is 6.17 Å². The molecule has 3 atom stereocenters. The minimum absolute atomic E-state index is 0.0726. The first-order valence-electron chi connectivity index (χ1n) is 12.3. The monoisotopic (exact) mass is 446 g/mol. The number of hydrogen-bond donors (Lipinski definition) is 0. The van der Waals surface area contributed by atoms with Crippen LogP contribution in [-0.4, -0.2) is 16.1 Å². The summed E-state index contributed by atoms with van der Waals surface area (Å²) in [6.45, 7) is 11.0. The fraction of sp³-hybridized carbons (Fsp3) is 0.267. The highest BCUT2D eigenvalue weighted by Crippen LogP contribution is 2.55. The van der Waals surface area contributed by atoms with Gasteiger partial charge in [0.15, 0.2) is 11.6 Å². The minimum atomic E-state index is 0.0726. The second kappa shape index (κ2) is 7.98. The van der Waals surface area contributed by atoms with E-state index in [-0.39, 0.29) is 12.1 Å². The van der Waals surface area contributed by atoms with Crippen LogP contribution in [0.15, 0.2) is 79.4 Å². The van der Waals surface area contributed by atoms with Crippen molar-refractivity contribution in [2.75, 3.05) is 9.80 Å². The molecule has 0 spiro atoms. The van der Waals surface area contributed by atoms with E-state index >= 15 is 0 Å². The quantitative estimate of drug-likeness (QED) is 0.308. The zero-order valence-corrected chi connectivity index (χ0v) is 20.1. The van der Waals surface area contributed by atoms with Crippen LogP contribution in [-0.2, 0) is 12.8 Å². The van der Waals surface area contributed by atoms with Crippen LogP contribution in [0.1, 0.15) is 43.4 Å². The first kappa shape index (κ1) is 20.9. The van der Waals surface area contributed by atoms with Gasteiger partial charge in [-0.15, -0.1) is 6.58 Å². The number of allylic oxidation sites excluding steroid dienone is 1. The maximum Gasteiger partial charge on any atom is 0.179 e. The van der Waals surface area contributed by atoms with Gasteiger partial charge in [-0.1, -0.05) is 63.2 Å². The molecule has 0 saturated carbocycles. The summed E-state index contributed by atoms with van der Waals surface area (Å²) in [4.78, 5) is 15.4. The first-order valence-corrected chi connectivity index (χ1v) is 12.3. The van der Waals surface area contributed by atoms with Crippen molar-refractivity contribution in [3.05, 3.63) is 96.1 Å². The standard InChI is InChI=1S/C30H30N4/c1-5-20-17-25-26(18-21(20)6-2)32-29-28(31-25)33(22-13-9-8-10-14-22)30-19(4)23(7-3)24-15-11-12-16-27(24)34(29)30/h7-19,23,30H,3,5-6H2,1-2,4H3. The molecule has 0 aliphatic carbocycles. The van der Waals surface area contributed by atoms with Crippen LogP contribution >= 0.6 is 0 Å². The third-order valence-electron chi connectivity index (χ3n) is 7.58. The molecule has 0 N–H and O–H groups in total. The highest BCUT2D eigenvalue weighted by atomic mass is 15.5. The van der Waals surface area contributed by atoms with Gasteiger partial charge in [0.2, 0.25) is 0 Å². The van der Waals surface area contributed by atoms with Crippen LogP contribution in [0.25, 0.3) is 11.0 Å². The van der Waals surface area contributed by atoms with Gasteiger partial charge in [0.05, 0.1) is 11.0 Å². The Morgan fingerprint density at radius 2 is 1.41 bits per heavy atom. The SMILES string of the molecule is C=CC1c2ccccc2N2c3nc4cc(CC)c(CC)cc4nc3N(c3ccccc3)C2C1C. The summed E-state index contributed by atoms with van der Waals surface area (Å²) in [5, 5.41) is 0. The number of nitrogens with zero attached hydrogens (tertiary/aromatic N) is 4. The van der Waals surface area contributed by atoms with E-state index in [0.717, 1.165) is 41.2 Å². The van der Waals surface area contributed by atoms with Gasteiger partial charge >= 0.3 is 0 Å². The Kier molecular flexibility index (Phi) is 4.91. The van der Waals surface area contributed by atoms with Crippen LogP contribution in [0.3, 0.4) is 0 Å². The zero-order valence-electron chi connectivity index (χ0n) is 20.1. The largest absolute Gasteiger partial charge is 0.302 e. The van der Waals surface area contributed by atoms with Gasteiger partial charge in [-0.3, -0.25) is 0 Å². The van der Waals surface area contributed by atoms with E-state index in [4.69, 9.17) is 9.97 Å². The van der Waals surface area contributed by atoms with Crippen molar-refractivity contribution in [3.8, 4) is 0 Å². The van der Waals surface area contributed by atoms with Gasteiger partial charge in [-0.05, 0) is 59.9 Å². The highest BCUT2D eigenvalue weighted by molar-refractivity contribution is 5.91. The summed E-state index contributed by atoms with van der Waals surface area (Å²) < 4.78 is 0. The van der Waals surface area contributed by atoms with Gasteiger partial charge < -0.3 is 9.80 Å². The second-order valence-electron chi connectivity index (χ2n) is 9.36. The van der Waals surface area contributed by atoms with Crippen molar-refractivity contribution in [2.45, 2.75) is 45.7 Å². The predicted molar refractivity (Wildman–Crippen MR) is 141 cm³/mol. The van der Waals surface area contributed by atoms with E-state index in [2.05, 4.69) is 110 Å². The van der Waals surface area contributed by atoms with E-state index in [9.17, 15) is 0 Å². The molecule has 3 unspecified atom stereocenters. The molecule has 0 radical (unpaired) electrons. The fourth-order valence-corrected chi connectivity index (χ4v) is 5.91. The lowest BCUT2D eigenvalue weighted by molar-refractivity contribution is 0.409. The van der Waals surface area contributed by atoms with E-state index in [1.807, 2.05) is 0 Å². The van der Waals surface area contributed by atoms with Crippen LogP contribution < -0.4 is 9.80 Å². The van der Waals surface area contributed by atoms with E-state index in [1.165, 1.54) is 22.4 Å². The number of rotatable bonds is 4. The smallest absolute Gasteiger partial charge is 0.179 e. The second-order valence-corrected chi connectivity index (χ2v) is 9.36. The van der Waals surface area contributed by atoms with E-state index in [1.54, 1.807) is 0 Å². The number of para-hydroxylation sites is 2. The van der Waals surface area contributed by atoms with Crippen LogP contribution in [0.5, 0.6) is 0 Å². The molecule has 0 amide bonds. The fourth-order valence-electron chi connectivity index (χ4n) is 5.91. The average molecular weight is 447 g/mol. The molecule has 1 aromatic heterocycles. The summed E-state index contributed by atoms with van der Waals surface area (Å²) >= 11 is 0. The van der Waals surface area contributed by atoms with Crippen molar-refractivity contribution >= 4 is 34.0 Å². The Balaban J connectivity index is 1.66. The lowest BCUT2D eigenvalue weighted by Gasteiger charge is -2.44. The van der Waals surface area contributed by atoms with Crippen LogP contribution in [0, 0.1) is 5.92 Å². The normalized spacial score (nSPS) is 20.7. The number of benzene rings is 3. The summed E-state index contributed by atoms with van der Waals surface area (Å²) in [6.07, 6.45) is 4.18. The molecular formula is C30H30N4. The number of aryl methyl sites for hydroxylation is 2. The van der Waals surface area contributed by atoms with Crippen LogP contribution in [0.4, 0.5) is 23.0 Å². The molecule has 0 fully saturated rings. The number of fused-ring (bicyclic) bond motifs is 6. The number of aromatic nitrogens is 2. The molecule has 6 rings (SSSR count). The van der Waals surface area contributed by atoms with Crippen molar-refractivity contribution in [1.29, 1.82) is 0 Å². The average Bonchev–Trinajstić information content (AvgIpc) is 3.21. The first-order chi connectivity index (χ1) is 16.7. The van der Waals surface area contributed by atoms with E-state index in [0.29, 0.717) is 5.92 Å². The molecule has 3 heterocycles. The lowest BCUT2D eigenvalue weighted by Crippen LogP contribution is -2.48. The number of hydrogen-bond acceptors (Lipinski definition) is 4. The van der Waals surface area contributed by atoms with Gasteiger partial charge in [0, 0.05) is 23.2 Å². The molecule has 2 aliphatic heterocycles. The Hall–Kier alpha value is -3.66. The number of anilines is 4. The lowest BCUT2D eigenvalue weighted by atomic mass is 9.80. The van der Waals surface area contributed by atoms with Crippen molar-refractivity contribution in [1.82, 2.24) is 9.97 Å². The molecule has 3 aromatic carbocycles. The Bertz CT molecular complexity index is 1390. The Morgan fingerprint density at radius 3 is 2.03 bits per heavy atom. The molecule has 0 saturated heterocycles. The molecule has 2 aliphatic rings. The van der Waals surface area contributed by atoms with E-state index < -0.39 is 0 Å². The van der Waals surface area contributed by atoms with Crippen LogP contribution in [0.2, 0.25) is 0 Å². The van der Waals surface area contributed by atoms with Crippen molar-refractivity contribution in [2.24, 2.45) is 5.92 Å². The summed E-state index contributed by atoms with van der Waals surface area (Å²) in [5.41, 5.74) is 8.30. The summed E-state index contributed by atoms with van der Waals surface area (Å²) in [5.74, 6) is 2.42. The third-order valence-corrected chi connectivity index (χ3v) is 7.58. The Labute approximate surface area is 201 Å². The molecule has 4 heteroatoms. The molecular weight excluding hydrogens is 416 g/mol. The van der Waals surface area contributed by atoms with Crippen molar-refractivity contribution in [3.63, 3.8) is 0 Å². The minimum Gasteiger partial charge on any atom is -0.302 e. The summed E-state index contributed by atoms with van der Waals surface area (Å²) in [6, 6.07) is 23.8. The summed E-state index contributed by atoms with van der Waals surface area (Å²) in [7, 11) is 0. The molecule has 4 aromatic rings. The maximum atomic E-state index is 5.28. The maximum absolute atomic E-state index is 5.28. The Morgan fingerprint density at radius 1 is 0.824 bits per heavy atom. The predicted octanol–water partition coefficient (Wildman–Crippen LogP) is 7.29.